The maximum atomic E-state index is 13.0. The minimum Gasteiger partial charge on any atom is -0.461 e. The number of alkyl halides is 2. The van der Waals surface area contributed by atoms with Crippen molar-refractivity contribution in [3.8, 4) is 11.5 Å². The van der Waals surface area contributed by atoms with Crippen molar-refractivity contribution in [2.75, 3.05) is 17.8 Å². The van der Waals surface area contributed by atoms with Crippen LogP contribution in [0.1, 0.15) is 28.8 Å². The highest BCUT2D eigenvalue weighted by atomic mass is 32.2. The number of anilines is 2. The summed E-state index contributed by atoms with van der Waals surface area (Å²) in [6.45, 7) is -2.52. The molecule has 0 radical (unpaired) electrons. The van der Waals surface area contributed by atoms with Crippen molar-refractivity contribution < 1.29 is 36.2 Å². The second-order valence-electron chi connectivity index (χ2n) is 8.43. The van der Waals surface area contributed by atoms with Gasteiger partial charge >= 0.3 is 6.61 Å². The smallest absolute Gasteiger partial charge is 0.387 e. The first-order chi connectivity index (χ1) is 18.1. The van der Waals surface area contributed by atoms with Gasteiger partial charge in [-0.25, -0.2) is 13.1 Å². The average Bonchev–Trinajstić information content (AvgIpc) is 3.37. The number of carbonyl (C=O) groups excluding carboxylic acids is 1. The number of rotatable bonds is 10. The first kappa shape index (κ1) is 27.1. The fourth-order valence-corrected chi connectivity index (χ4v) is 4.29. The Morgan fingerprint density at radius 1 is 1.16 bits per heavy atom. The summed E-state index contributed by atoms with van der Waals surface area (Å²) in [5.74, 6) is -0.943. The lowest BCUT2D eigenvalue weighted by molar-refractivity contribution is -0.0632. The largest absolute Gasteiger partial charge is 0.461 e. The number of H-pyrrole nitrogens is 1. The Hall–Kier alpha value is -3.97. The quantitative estimate of drug-likeness (QED) is 0.393. The molecule has 13 heteroatoms. The zero-order chi connectivity index (χ0) is 27.3. The Bertz CT molecular complexity index is 1440. The third kappa shape index (κ3) is 7.07. The molecule has 1 aliphatic rings. The molecule has 38 heavy (non-hydrogen) atoms. The van der Waals surface area contributed by atoms with Crippen molar-refractivity contribution in [2.24, 2.45) is 0 Å². The van der Waals surface area contributed by atoms with Crippen LogP contribution in [0.15, 0.2) is 65.6 Å². The summed E-state index contributed by atoms with van der Waals surface area (Å²) in [5.41, 5.74) is 1.17. The van der Waals surface area contributed by atoms with Crippen molar-refractivity contribution in [3.63, 3.8) is 0 Å². The van der Waals surface area contributed by atoms with E-state index in [0.29, 0.717) is 30.0 Å². The number of nitrogens with one attached hydrogen (secondary N) is 2. The zero-order valence-electron chi connectivity index (χ0n) is 20.2. The van der Waals surface area contributed by atoms with E-state index in [1.165, 1.54) is 36.5 Å². The SMILES string of the molecule is CS(=O)(=O)NC(=O)c1ccc(N(Cc2ccc[nH]c2=O)c2ccc(OC(F)F)c(O[C@@H]3CCCO3)c2)cc1. The van der Waals surface area contributed by atoms with E-state index in [0.717, 1.165) is 12.7 Å². The number of aromatic nitrogens is 1. The van der Waals surface area contributed by atoms with E-state index < -0.39 is 28.8 Å². The van der Waals surface area contributed by atoms with Crippen LogP contribution in [-0.2, 0) is 21.3 Å². The molecule has 1 saturated heterocycles. The van der Waals surface area contributed by atoms with E-state index in [1.54, 1.807) is 29.2 Å². The van der Waals surface area contributed by atoms with Gasteiger partial charge in [0, 0.05) is 41.2 Å². The van der Waals surface area contributed by atoms with E-state index in [-0.39, 0.29) is 29.2 Å². The van der Waals surface area contributed by atoms with E-state index in [2.05, 4.69) is 9.72 Å². The number of pyridine rings is 1. The minimum atomic E-state index is -3.75. The Kier molecular flexibility index (Phi) is 8.27. The van der Waals surface area contributed by atoms with E-state index in [9.17, 15) is 26.8 Å². The number of nitrogens with zero attached hydrogens (tertiary/aromatic N) is 1. The van der Waals surface area contributed by atoms with Gasteiger partial charge in [-0.05, 0) is 48.9 Å². The van der Waals surface area contributed by atoms with Crippen molar-refractivity contribution in [1.82, 2.24) is 9.71 Å². The number of ether oxygens (including phenoxy) is 3. The van der Waals surface area contributed by atoms with Gasteiger partial charge in [0.05, 0.1) is 19.4 Å². The molecule has 1 atom stereocenters. The third-order valence-electron chi connectivity index (χ3n) is 5.55. The normalized spacial score (nSPS) is 15.3. The molecule has 0 bridgehead atoms. The lowest BCUT2D eigenvalue weighted by Crippen LogP contribution is -2.29. The number of amides is 1. The van der Waals surface area contributed by atoms with Crippen LogP contribution in [0.5, 0.6) is 11.5 Å². The number of hydrogen-bond acceptors (Lipinski definition) is 8. The molecule has 0 saturated carbocycles. The fraction of sp³-hybridized carbons (Fsp3) is 0.280. The number of sulfonamides is 1. The van der Waals surface area contributed by atoms with Crippen molar-refractivity contribution in [2.45, 2.75) is 32.3 Å². The molecule has 0 spiro atoms. The van der Waals surface area contributed by atoms with Crippen LogP contribution in [0.2, 0.25) is 0 Å². The number of hydrogen-bond donors (Lipinski definition) is 2. The topological polar surface area (TPSA) is 127 Å². The van der Waals surface area contributed by atoms with Crippen molar-refractivity contribution >= 4 is 27.3 Å². The van der Waals surface area contributed by atoms with Gasteiger partial charge in [0.25, 0.3) is 11.5 Å². The van der Waals surface area contributed by atoms with Crippen molar-refractivity contribution in [1.29, 1.82) is 0 Å². The summed E-state index contributed by atoms with van der Waals surface area (Å²) < 4.78 is 66.7. The number of carbonyl (C=O) groups is 1. The predicted octanol–water partition coefficient (Wildman–Crippen LogP) is 3.52. The molecule has 10 nitrogen and oxygen atoms in total. The highest BCUT2D eigenvalue weighted by Crippen LogP contribution is 2.38. The second kappa shape index (κ2) is 11.6. The van der Waals surface area contributed by atoms with E-state index >= 15 is 0 Å². The summed E-state index contributed by atoms with van der Waals surface area (Å²) in [4.78, 5) is 29.0. The molecule has 0 aliphatic carbocycles. The molecule has 1 aliphatic heterocycles. The van der Waals surface area contributed by atoms with Crippen LogP contribution >= 0.6 is 0 Å². The molecule has 4 rings (SSSR count). The summed E-state index contributed by atoms with van der Waals surface area (Å²) in [7, 11) is -3.75. The van der Waals surface area contributed by atoms with E-state index in [1.807, 2.05) is 4.72 Å². The number of halogens is 2. The van der Waals surface area contributed by atoms with Crippen LogP contribution < -0.4 is 24.7 Å². The molecule has 202 valence electrons. The Balaban J connectivity index is 1.72. The van der Waals surface area contributed by atoms with Crippen LogP contribution in [0.3, 0.4) is 0 Å². The Morgan fingerprint density at radius 2 is 1.89 bits per heavy atom. The number of aromatic amines is 1. The van der Waals surface area contributed by atoms with Gasteiger partial charge in [-0.1, -0.05) is 6.07 Å². The molecule has 0 unspecified atom stereocenters. The van der Waals surface area contributed by atoms with Crippen LogP contribution in [-0.4, -0.2) is 45.1 Å². The molecule has 1 amide bonds. The standard InChI is InChI=1S/C25H25F2N3O7S/c1-38(33,34)29-24(32)16-6-8-18(9-7-16)30(15-17-4-2-12-28-23(17)31)19-10-11-20(37-25(26)27)21(14-19)36-22-5-3-13-35-22/h2,4,6-12,14,22,25H,3,5,13,15H2,1H3,(H,28,31)(H,29,32)/t22-/m1/s1. The van der Waals surface area contributed by atoms with Crippen molar-refractivity contribution in [3.05, 3.63) is 82.3 Å². The molecular weight excluding hydrogens is 524 g/mol. The Morgan fingerprint density at radius 3 is 2.53 bits per heavy atom. The molecule has 3 aromatic rings. The van der Waals surface area contributed by atoms with Gasteiger partial charge in [0.2, 0.25) is 10.0 Å². The molecular formula is C25H25F2N3O7S. The van der Waals surface area contributed by atoms with Gasteiger partial charge in [-0.15, -0.1) is 0 Å². The second-order valence-corrected chi connectivity index (χ2v) is 10.2. The zero-order valence-corrected chi connectivity index (χ0v) is 21.0. The van der Waals surface area contributed by atoms with Crippen LogP contribution in [0.4, 0.5) is 20.2 Å². The summed E-state index contributed by atoms with van der Waals surface area (Å²) in [6, 6.07) is 13.7. The monoisotopic (exact) mass is 549 g/mol. The van der Waals surface area contributed by atoms with Crippen LogP contribution in [0, 0.1) is 0 Å². The van der Waals surface area contributed by atoms with Crippen LogP contribution in [0.25, 0.3) is 0 Å². The van der Waals surface area contributed by atoms with Gasteiger partial charge in [-0.2, -0.15) is 8.78 Å². The fourth-order valence-electron chi connectivity index (χ4n) is 3.84. The first-order valence-electron chi connectivity index (χ1n) is 11.5. The van der Waals surface area contributed by atoms with Gasteiger partial charge in [0.15, 0.2) is 17.8 Å². The van der Waals surface area contributed by atoms with Gasteiger partial charge in [-0.3, -0.25) is 9.59 Å². The van der Waals surface area contributed by atoms with Gasteiger partial charge < -0.3 is 24.1 Å². The predicted molar refractivity (Wildman–Crippen MR) is 134 cm³/mol. The molecule has 1 aromatic heterocycles. The lowest BCUT2D eigenvalue weighted by atomic mass is 10.1. The summed E-state index contributed by atoms with van der Waals surface area (Å²) in [5, 5.41) is 0. The maximum absolute atomic E-state index is 13.0. The molecule has 1 fully saturated rings. The van der Waals surface area contributed by atoms with Gasteiger partial charge in [0.1, 0.15) is 0 Å². The first-order valence-corrected chi connectivity index (χ1v) is 13.4. The molecule has 2 N–H and O–H groups in total. The lowest BCUT2D eigenvalue weighted by Gasteiger charge is -2.26. The summed E-state index contributed by atoms with van der Waals surface area (Å²) >= 11 is 0. The summed E-state index contributed by atoms with van der Waals surface area (Å²) in [6.07, 6.45) is 3.09. The molecule has 2 aromatic carbocycles. The minimum absolute atomic E-state index is 0.0332. The highest BCUT2D eigenvalue weighted by Gasteiger charge is 2.23. The third-order valence-corrected chi connectivity index (χ3v) is 6.10. The Labute approximate surface area is 217 Å². The molecule has 2 heterocycles. The van der Waals surface area contributed by atoms with E-state index in [4.69, 9.17) is 9.47 Å². The average molecular weight is 550 g/mol. The maximum Gasteiger partial charge on any atom is 0.387 e. The number of benzene rings is 2. The highest BCUT2D eigenvalue weighted by molar-refractivity contribution is 7.89.